The number of hydrogen-bond donors (Lipinski definition) is 0. The molecule has 4 nitrogen and oxygen atoms in total. The molecule has 0 unspecified atom stereocenters. The summed E-state index contributed by atoms with van der Waals surface area (Å²) in [5.74, 6) is 0. The zero-order chi connectivity index (χ0) is 11.4. The van der Waals surface area contributed by atoms with Crippen LogP contribution in [-0.4, -0.2) is 54.6 Å². The van der Waals surface area contributed by atoms with Crippen molar-refractivity contribution < 1.29 is 8.42 Å². The molecule has 1 heterocycles. The highest BCUT2D eigenvalue weighted by atomic mass is 32.2. The summed E-state index contributed by atoms with van der Waals surface area (Å²) >= 11 is 0. The second-order valence-electron chi connectivity index (χ2n) is 5.38. The van der Waals surface area contributed by atoms with E-state index in [0.717, 1.165) is 32.5 Å². The minimum absolute atomic E-state index is 0.0449. The maximum atomic E-state index is 12.2. The first-order valence-corrected chi connectivity index (χ1v) is 7.83. The number of rotatable bonds is 3. The lowest BCUT2D eigenvalue weighted by Gasteiger charge is -2.41. The summed E-state index contributed by atoms with van der Waals surface area (Å²) in [6.45, 7) is 5.60. The first-order valence-electron chi connectivity index (χ1n) is 6.32. The molecule has 2 saturated carbocycles. The second kappa shape index (κ2) is 3.43. The van der Waals surface area contributed by atoms with E-state index in [4.69, 9.17) is 0 Å². The van der Waals surface area contributed by atoms with E-state index in [1.807, 2.05) is 0 Å². The minimum atomic E-state index is -2.94. The van der Waals surface area contributed by atoms with Gasteiger partial charge in [0, 0.05) is 25.2 Å². The Morgan fingerprint density at radius 3 is 2.44 bits per heavy atom. The molecule has 0 N–H and O–H groups in total. The van der Waals surface area contributed by atoms with Crippen molar-refractivity contribution >= 4 is 10.0 Å². The van der Waals surface area contributed by atoms with Crippen LogP contribution in [0.2, 0.25) is 0 Å². The van der Waals surface area contributed by atoms with Gasteiger partial charge in [-0.05, 0) is 32.2 Å². The van der Waals surface area contributed by atoms with E-state index in [1.54, 1.807) is 4.31 Å². The molecule has 0 bridgehead atoms. The molecule has 0 atom stereocenters. The molecule has 0 aromatic heterocycles. The second-order valence-corrected chi connectivity index (χ2v) is 7.59. The number of piperazine rings is 1. The van der Waals surface area contributed by atoms with Crippen LogP contribution in [-0.2, 0) is 10.0 Å². The van der Waals surface area contributed by atoms with Crippen LogP contribution < -0.4 is 0 Å². The van der Waals surface area contributed by atoms with E-state index in [1.165, 1.54) is 12.8 Å². The fourth-order valence-electron chi connectivity index (χ4n) is 2.88. The van der Waals surface area contributed by atoms with Crippen molar-refractivity contribution in [2.75, 3.05) is 26.2 Å². The first-order chi connectivity index (χ1) is 7.58. The van der Waals surface area contributed by atoms with Crippen molar-refractivity contribution in [3.63, 3.8) is 0 Å². The zero-order valence-corrected chi connectivity index (χ0v) is 10.7. The van der Waals surface area contributed by atoms with Gasteiger partial charge in [-0.1, -0.05) is 6.92 Å². The molecular weight excluding hydrogens is 224 g/mol. The van der Waals surface area contributed by atoms with Gasteiger partial charge in [0.15, 0.2) is 0 Å². The van der Waals surface area contributed by atoms with E-state index in [0.29, 0.717) is 6.54 Å². The van der Waals surface area contributed by atoms with Crippen molar-refractivity contribution in [2.24, 2.45) is 0 Å². The van der Waals surface area contributed by atoms with Gasteiger partial charge in [0.05, 0.1) is 5.25 Å². The van der Waals surface area contributed by atoms with E-state index in [-0.39, 0.29) is 10.8 Å². The maximum Gasteiger partial charge on any atom is 0.217 e. The third-order valence-electron chi connectivity index (χ3n) is 4.28. The molecule has 1 spiro atoms. The minimum Gasteiger partial charge on any atom is -0.295 e. The fourth-order valence-corrected chi connectivity index (χ4v) is 4.79. The maximum absolute atomic E-state index is 12.2. The van der Waals surface area contributed by atoms with Gasteiger partial charge in [0.25, 0.3) is 0 Å². The van der Waals surface area contributed by atoms with Crippen molar-refractivity contribution in [3.05, 3.63) is 0 Å². The first kappa shape index (κ1) is 11.0. The Labute approximate surface area is 97.7 Å². The van der Waals surface area contributed by atoms with E-state index in [2.05, 4.69) is 11.8 Å². The lowest BCUT2D eigenvalue weighted by atomic mass is 10.1. The lowest BCUT2D eigenvalue weighted by Crippen LogP contribution is -2.56. The standard InChI is InChI=1S/C11H20N2O2S/c1-2-12-7-8-13(9-11(12)5-6-11)16(14,15)10-3-4-10/h10H,2-9H2,1H3. The summed E-state index contributed by atoms with van der Waals surface area (Å²) in [5, 5.41) is -0.0449. The van der Waals surface area contributed by atoms with Crippen molar-refractivity contribution in [1.82, 2.24) is 9.21 Å². The normalized spacial score (nSPS) is 30.8. The monoisotopic (exact) mass is 244 g/mol. The molecule has 3 fully saturated rings. The summed E-state index contributed by atoms with van der Waals surface area (Å²) in [7, 11) is -2.94. The van der Waals surface area contributed by atoms with Gasteiger partial charge >= 0.3 is 0 Å². The molecule has 3 aliphatic rings. The average molecular weight is 244 g/mol. The third kappa shape index (κ3) is 1.60. The van der Waals surface area contributed by atoms with Crippen LogP contribution in [0.3, 0.4) is 0 Å². The quantitative estimate of drug-likeness (QED) is 0.732. The summed E-state index contributed by atoms with van der Waals surface area (Å²) in [5.41, 5.74) is 0.217. The van der Waals surface area contributed by atoms with Gasteiger partial charge in [0.2, 0.25) is 10.0 Å². The van der Waals surface area contributed by atoms with Crippen molar-refractivity contribution in [2.45, 2.75) is 43.4 Å². The molecule has 16 heavy (non-hydrogen) atoms. The van der Waals surface area contributed by atoms with Gasteiger partial charge in [0.1, 0.15) is 0 Å². The molecule has 3 rings (SSSR count). The fraction of sp³-hybridized carbons (Fsp3) is 1.00. The van der Waals surface area contributed by atoms with Crippen LogP contribution in [0.1, 0.15) is 32.6 Å². The Morgan fingerprint density at radius 2 is 1.94 bits per heavy atom. The van der Waals surface area contributed by atoms with Gasteiger partial charge in [-0.25, -0.2) is 8.42 Å². The predicted octanol–water partition coefficient (Wildman–Crippen LogP) is 0.649. The van der Waals surface area contributed by atoms with Crippen LogP contribution in [0.5, 0.6) is 0 Å². The van der Waals surface area contributed by atoms with Gasteiger partial charge in [-0.2, -0.15) is 4.31 Å². The van der Waals surface area contributed by atoms with Crippen molar-refractivity contribution in [1.29, 1.82) is 0 Å². The number of nitrogens with zero attached hydrogens (tertiary/aromatic N) is 2. The molecule has 0 aromatic rings. The molecular formula is C11H20N2O2S. The molecule has 5 heteroatoms. The van der Waals surface area contributed by atoms with E-state index >= 15 is 0 Å². The van der Waals surface area contributed by atoms with Crippen LogP contribution >= 0.6 is 0 Å². The van der Waals surface area contributed by atoms with Crippen LogP contribution in [0.25, 0.3) is 0 Å². The molecule has 0 radical (unpaired) electrons. The van der Waals surface area contributed by atoms with Crippen molar-refractivity contribution in [3.8, 4) is 0 Å². The Bertz CT molecular complexity index is 385. The highest BCUT2D eigenvalue weighted by molar-refractivity contribution is 7.90. The van der Waals surface area contributed by atoms with E-state index in [9.17, 15) is 8.42 Å². The smallest absolute Gasteiger partial charge is 0.217 e. The molecule has 2 aliphatic carbocycles. The van der Waals surface area contributed by atoms with E-state index < -0.39 is 10.0 Å². The third-order valence-corrected chi connectivity index (χ3v) is 6.62. The molecule has 1 saturated heterocycles. The van der Waals surface area contributed by atoms with Gasteiger partial charge < -0.3 is 0 Å². The van der Waals surface area contributed by atoms with Crippen LogP contribution in [0, 0.1) is 0 Å². The predicted molar refractivity (Wildman–Crippen MR) is 62.7 cm³/mol. The lowest BCUT2D eigenvalue weighted by molar-refractivity contribution is 0.106. The topological polar surface area (TPSA) is 40.6 Å². The number of sulfonamides is 1. The number of likely N-dealkylation sites (N-methyl/N-ethyl adjacent to an activating group) is 1. The highest BCUT2D eigenvalue weighted by Gasteiger charge is 2.54. The molecule has 92 valence electrons. The Kier molecular flexibility index (Phi) is 2.36. The molecule has 1 aliphatic heterocycles. The average Bonchev–Trinajstić information content (AvgIpc) is 3.11. The van der Waals surface area contributed by atoms with Gasteiger partial charge in [-0.3, -0.25) is 4.90 Å². The van der Waals surface area contributed by atoms with Crippen LogP contribution in [0.15, 0.2) is 0 Å². The molecule has 0 amide bonds. The highest BCUT2D eigenvalue weighted by Crippen LogP contribution is 2.45. The Morgan fingerprint density at radius 1 is 1.25 bits per heavy atom. The SMILES string of the molecule is CCN1CCN(S(=O)(=O)C2CC2)CC12CC2. The summed E-state index contributed by atoms with van der Waals surface area (Å²) in [6, 6.07) is 0. The Balaban J connectivity index is 1.76. The van der Waals surface area contributed by atoms with Crippen LogP contribution in [0.4, 0.5) is 0 Å². The zero-order valence-electron chi connectivity index (χ0n) is 9.85. The number of hydrogen-bond acceptors (Lipinski definition) is 3. The summed E-state index contributed by atoms with van der Waals surface area (Å²) < 4.78 is 26.1. The Hall–Kier alpha value is -0.130. The molecule has 0 aromatic carbocycles. The summed E-state index contributed by atoms with van der Waals surface area (Å²) in [4.78, 5) is 2.46. The summed E-state index contributed by atoms with van der Waals surface area (Å²) in [6.07, 6.45) is 4.11. The largest absolute Gasteiger partial charge is 0.295 e. The van der Waals surface area contributed by atoms with Gasteiger partial charge in [-0.15, -0.1) is 0 Å².